The van der Waals surface area contributed by atoms with E-state index >= 15 is 0 Å². The predicted octanol–water partition coefficient (Wildman–Crippen LogP) is 2.47. The summed E-state index contributed by atoms with van der Waals surface area (Å²) < 4.78 is 0.788. The maximum atomic E-state index is 12.0. The number of carbonyl (C=O) groups excluding carboxylic acids is 2. The van der Waals surface area contributed by atoms with Crippen molar-refractivity contribution >= 4 is 45.8 Å². The van der Waals surface area contributed by atoms with Crippen LogP contribution in [0.2, 0.25) is 0 Å². The molecule has 1 heterocycles. The second-order valence-corrected chi connectivity index (χ2v) is 7.35. The van der Waals surface area contributed by atoms with Crippen molar-refractivity contribution < 1.29 is 9.59 Å². The lowest BCUT2D eigenvalue weighted by molar-refractivity contribution is -0.113. The van der Waals surface area contributed by atoms with E-state index in [1.54, 1.807) is 24.3 Å². The number of anilines is 1. The fourth-order valence-electron chi connectivity index (χ4n) is 2.49. The van der Waals surface area contributed by atoms with Gasteiger partial charge in [-0.05, 0) is 43.0 Å². The van der Waals surface area contributed by atoms with Crippen molar-refractivity contribution in [2.75, 3.05) is 24.2 Å². The SMILES string of the molecule is C[C@@H]1CCCN(C(=S)SCC(=O)Nc2ccc(C(N)=O)cc2)C1. The van der Waals surface area contributed by atoms with Crippen LogP contribution >= 0.6 is 24.0 Å². The van der Waals surface area contributed by atoms with Gasteiger partial charge in [0.15, 0.2) is 0 Å². The van der Waals surface area contributed by atoms with Crippen LogP contribution in [-0.2, 0) is 4.79 Å². The van der Waals surface area contributed by atoms with Gasteiger partial charge in [0.25, 0.3) is 0 Å². The first kappa shape index (κ1) is 17.7. The molecule has 0 spiro atoms. The second-order valence-electron chi connectivity index (χ2n) is 5.74. The van der Waals surface area contributed by atoms with Crippen molar-refractivity contribution in [1.29, 1.82) is 0 Å². The maximum absolute atomic E-state index is 12.0. The molecule has 0 bridgehead atoms. The highest BCUT2D eigenvalue weighted by Crippen LogP contribution is 2.20. The lowest BCUT2D eigenvalue weighted by Crippen LogP contribution is -2.37. The van der Waals surface area contributed by atoms with Gasteiger partial charge in [-0.1, -0.05) is 30.9 Å². The van der Waals surface area contributed by atoms with Crippen LogP contribution in [0, 0.1) is 5.92 Å². The van der Waals surface area contributed by atoms with E-state index in [1.165, 1.54) is 18.2 Å². The first-order chi connectivity index (χ1) is 11.0. The van der Waals surface area contributed by atoms with Crippen molar-refractivity contribution in [3.8, 4) is 0 Å². The van der Waals surface area contributed by atoms with Crippen molar-refractivity contribution in [2.24, 2.45) is 11.7 Å². The zero-order valence-electron chi connectivity index (χ0n) is 13.1. The molecular weight excluding hydrogens is 330 g/mol. The van der Waals surface area contributed by atoms with Crippen molar-refractivity contribution in [1.82, 2.24) is 4.90 Å². The maximum Gasteiger partial charge on any atom is 0.248 e. The number of thiocarbonyl (C=S) groups is 1. The molecule has 2 amide bonds. The Morgan fingerprint density at radius 3 is 2.70 bits per heavy atom. The van der Waals surface area contributed by atoms with Crippen molar-refractivity contribution in [2.45, 2.75) is 19.8 Å². The number of benzene rings is 1. The third-order valence-corrected chi connectivity index (χ3v) is 5.22. The Morgan fingerprint density at radius 2 is 2.09 bits per heavy atom. The summed E-state index contributed by atoms with van der Waals surface area (Å²) in [5.41, 5.74) is 6.23. The molecule has 1 aromatic carbocycles. The number of thioether (sulfide) groups is 1. The molecule has 1 aromatic rings. The molecule has 3 N–H and O–H groups in total. The van der Waals surface area contributed by atoms with Gasteiger partial charge in [-0.25, -0.2) is 0 Å². The van der Waals surface area contributed by atoms with E-state index in [9.17, 15) is 9.59 Å². The number of amides is 2. The highest BCUT2D eigenvalue weighted by Gasteiger charge is 2.19. The molecule has 1 aliphatic heterocycles. The lowest BCUT2D eigenvalue weighted by Gasteiger charge is -2.32. The van der Waals surface area contributed by atoms with E-state index in [0.717, 1.165) is 23.8 Å². The number of likely N-dealkylation sites (tertiary alicyclic amines) is 1. The summed E-state index contributed by atoms with van der Waals surface area (Å²) in [6, 6.07) is 6.50. The Labute approximate surface area is 146 Å². The molecule has 0 radical (unpaired) electrons. The number of nitrogens with zero attached hydrogens (tertiary/aromatic N) is 1. The molecular formula is C16H21N3O2S2. The van der Waals surface area contributed by atoms with Gasteiger partial charge in [0.2, 0.25) is 11.8 Å². The molecule has 124 valence electrons. The highest BCUT2D eigenvalue weighted by molar-refractivity contribution is 8.23. The topological polar surface area (TPSA) is 75.4 Å². The Kier molecular flexibility index (Phi) is 6.41. The first-order valence-electron chi connectivity index (χ1n) is 7.57. The van der Waals surface area contributed by atoms with Gasteiger partial charge in [0.05, 0.1) is 5.75 Å². The molecule has 0 unspecified atom stereocenters. The number of piperidine rings is 1. The number of primary amides is 1. The second kappa shape index (κ2) is 8.31. The predicted molar refractivity (Wildman–Crippen MR) is 98.6 cm³/mol. The molecule has 1 aliphatic rings. The smallest absolute Gasteiger partial charge is 0.248 e. The van der Waals surface area contributed by atoms with Gasteiger partial charge in [-0.15, -0.1) is 0 Å². The van der Waals surface area contributed by atoms with E-state index in [0.29, 0.717) is 17.2 Å². The van der Waals surface area contributed by atoms with Gasteiger partial charge in [0.1, 0.15) is 4.32 Å². The molecule has 1 atom stereocenters. The Balaban J connectivity index is 1.78. The number of nitrogens with two attached hydrogens (primary N) is 1. The molecule has 23 heavy (non-hydrogen) atoms. The summed E-state index contributed by atoms with van der Waals surface area (Å²) in [4.78, 5) is 25.2. The van der Waals surface area contributed by atoms with Crippen LogP contribution in [0.15, 0.2) is 24.3 Å². The standard InChI is InChI=1S/C16H21N3O2S2/c1-11-3-2-8-19(9-11)16(22)23-10-14(20)18-13-6-4-12(5-7-13)15(17)21/h4-7,11H,2-3,8-10H2,1H3,(H2,17,21)(H,18,20)/t11-/m1/s1. The van der Waals surface area contributed by atoms with Gasteiger partial charge in [-0.3, -0.25) is 9.59 Å². The largest absolute Gasteiger partial charge is 0.366 e. The van der Waals surface area contributed by atoms with Crippen LogP contribution in [0.25, 0.3) is 0 Å². The molecule has 0 saturated carbocycles. The minimum absolute atomic E-state index is 0.116. The third-order valence-electron chi connectivity index (χ3n) is 3.70. The molecule has 1 fully saturated rings. The summed E-state index contributed by atoms with van der Waals surface area (Å²) >= 11 is 6.80. The Bertz CT molecular complexity index is 589. The van der Waals surface area contributed by atoms with Gasteiger partial charge < -0.3 is 16.0 Å². The molecule has 2 rings (SSSR count). The van der Waals surface area contributed by atoms with E-state index in [-0.39, 0.29) is 11.7 Å². The number of nitrogens with one attached hydrogen (secondary N) is 1. The van der Waals surface area contributed by atoms with Crippen LogP contribution in [0.4, 0.5) is 5.69 Å². The van der Waals surface area contributed by atoms with E-state index < -0.39 is 5.91 Å². The van der Waals surface area contributed by atoms with Crippen molar-refractivity contribution in [3.05, 3.63) is 29.8 Å². The average Bonchev–Trinajstić information content (AvgIpc) is 2.53. The van der Waals surface area contributed by atoms with E-state index in [2.05, 4.69) is 17.1 Å². The monoisotopic (exact) mass is 351 g/mol. The molecule has 1 saturated heterocycles. The molecule has 5 nitrogen and oxygen atoms in total. The summed E-state index contributed by atoms with van der Waals surface area (Å²) in [6.45, 7) is 4.18. The Morgan fingerprint density at radius 1 is 1.39 bits per heavy atom. The summed E-state index contributed by atoms with van der Waals surface area (Å²) in [5, 5.41) is 2.79. The first-order valence-corrected chi connectivity index (χ1v) is 8.96. The van der Waals surface area contributed by atoms with Crippen LogP contribution in [0.1, 0.15) is 30.1 Å². The van der Waals surface area contributed by atoms with Crippen LogP contribution < -0.4 is 11.1 Å². The summed E-state index contributed by atoms with van der Waals surface area (Å²) in [5.74, 6) is 0.329. The van der Waals surface area contributed by atoms with Gasteiger partial charge in [0, 0.05) is 24.3 Å². The summed E-state index contributed by atoms with van der Waals surface area (Å²) in [6.07, 6.45) is 2.39. The Hall–Kier alpha value is -1.60. The number of carbonyl (C=O) groups is 2. The number of rotatable bonds is 4. The van der Waals surface area contributed by atoms with Crippen molar-refractivity contribution in [3.63, 3.8) is 0 Å². The lowest BCUT2D eigenvalue weighted by atomic mass is 10.0. The zero-order chi connectivity index (χ0) is 16.8. The molecule has 0 aliphatic carbocycles. The average molecular weight is 351 g/mol. The number of hydrogen-bond acceptors (Lipinski definition) is 4. The van der Waals surface area contributed by atoms with Gasteiger partial charge >= 0.3 is 0 Å². The van der Waals surface area contributed by atoms with Crippen LogP contribution in [0.3, 0.4) is 0 Å². The normalized spacial score (nSPS) is 17.6. The fraction of sp³-hybridized carbons (Fsp3) is 0.438. The fourth-order valence-corrected chi connectivity index (χ4v) is 3.51. The minimum Gasteiger partial charge on any atom is -0.366 e. The minimum atomic E-state index is -0.487. The van der Waals surface area contributed by atoms with Crippen LogP contribution in [0.5, 0.6) is 0 Å². The molecule has 0 aromatic heterocycles. The zero-order valence-corrected chi connectivity index (χ0v) is 14.7. The van der Waals surface area contributed by atoms with E-state index in [1.807, 2.05) is 0 Å². The third kappa shape index (κ3) is 5.51. The summed E-state index contributed by atoms with van der Waals surface area (Å²) in [7, 11) is 0. The van der Waals surface area contributed by atoms with Gasteiger partial charge in [-0.2, -0.15) is 0 Å². The quantitative estimate of drug-likeness (QED) is 0.815. The van der Waals surface area contributed by atoms with E-state index in [4.69, 9.17) is 18.0 Å². The molecule has 7 heteroatoms. The highest BCUT2D eigenvalue weighted by atomic mass is 32.2. The number of hydrogen-bond donors (Lipinski definition) is 2. The van der Waals surface area contributed by atoms with Crippen LogP contribution in [-0.4, -0.2) is 39.9 Å².